The van der Waals surface area contributed by atoms with Crippen molar-refractivity contribution in [1.82, 2.24) is 9.88 Å². The van der Waals surface area contributed by atoms with Gasteiger partial charge in [0.2, 0.25) is 0 Å². The maximum atomic E-state index is 5.74. The number of piperidine rings is 1. The van der Waals surface area contributed by atoms with Crippen molar-refractivity contribution >= 4 is 0 Å². The Kier molecular flexibility index (Phi) is 3.61. The number of hydrogen-bond donors (Lipinski definition) is 1. The fourth-order valence-corrected chi connectivity index (χ4v) is 2.19. The minimum Gasteiger partial charge on any atom is -0.448 e. The quantitative estimate of drug-likeness (QED) is 0.841. The summed E-state index contributed by atoms with van der Waals surface area (Å²) >= 11 is 0. The lowest BCUT2D eigenvalue weighted by atomic mass is 9.97. The first-order valence-corrected chi connectivity index (χ1v) is 6.03. The molecule has 0 saturated carbocycles. The van der Waals surface area contributed by atoms with Crippen molar-refractivity contribution in [3.8, 4) is 0 Å². The summed E-state index contributed by atoms with van der Waals surface area (Å²) in [5.41, 5.74) is 6.73. The molecule has 1 aliphatic heterocycles. The fourth-order valence-electron chi connectivity index (χ4n) is 2.19. The van der Waals surface area contributed by atoms with E-state index < -0.39 is 0 Å². The predicted octanol–water partition coefficient (Wildman–Crippen LogP) is 1.37. The van der Waals surface area contributed by atoms with Crippen LogP contribution < -0.4 is 5.73 Å². The van der Waals surface area contributed by atoms with Crippen molar-refractivity contribution < 1.29 is 4.42 Å². The number of likely N-dealkylation sites (tertiary alicyclic amines) is 1. The summed E-state index contributed by atoms with van der Waals surface area (Å²) in [6.07, 6.45) is 4.86. The van der Waals surface area contributed by atoms with Gasteiger partial charge >= 0.3 is 0 Å². The molecule has 16 heavy (non-hydrogen) atoms. The van der Waals surface area contributed by atoms with Crippen molar-refractivity contribution in [2.45, 2.75) is 38.1 Å². The monoisotopic (exact) mass is 223 g/mol. The van der Waals surface area contributed by atoms with Crippen LogP contribution in [0.15, 0.2) is 10.7 Å². The molecule has 0 radical (unpaired) electrons. The molecule has 1 saturated heterocycles. The Labute approximate surface area is 96.8 Å². The first-order chi connectivity index (χ1) is 7.65. The molecule has 4 nitrogen and oxygen atoms in total. The van der Waals surface area contributed by atoms with E-state index in [0.717, 1.165) is 43.9 Å². The molecule has 0 spiro atoms. The van der Waals surface area contributed by atoms with Gasteiger partial charge < -0.3 is 15.1 Å². The van der Waals surface area contributed by atoms with Gasteiger partial charge in [-0.2, -0.15) is 0 Å². The molecule has 2 heterocycles. The van der Waals surface area contributed by atoms with Gasteiger partial charge in [-0.15, -0.1) is 0 Å². The summed E-state index contributed by atoms with van der Waals surface area (Å²) < 4.78 is 5.56. The van der Waals surface area contributed by atoms with E-state index in [1.165, 1.54) is 0 Å². The molecule has 1 fully saturated rings. The van der Waals surface area contributed by atoms with Crippen LogP contribution in [-0.2, 0) is 6.42 Å². The van der Waals surface area contributed by atoms with Crippen molar-refractivity contribution in [3.63, 3.8) is 0 Å². The number of nitrogens with two attached hydrogens (primary N) is 1. The molecule has 1 unspecified atom stereocenters. The van der Waals surface area contributed by atoms with E-state index in [4.69, 9.17) is 10.2 Å². The molecule has 0 aromatic carbocycles. The normalized spacial score (nSPS) is 21.2. The highest BCUT2D eigenvalue weighted by molar-refractivity contribution is 5.03. The Hall–Kier alpha value is -0.870. The zero-order chi connectivity index (χ0) is 11.5. The Morgan fingerprint density at radius 3 is 2.88 bits per heavy atom. The minimum absolute atomic E-state index is 0.149. The van der Waals surface area contributed by atoms with E-state index in [0.29, 0.717) is 5.92 Å². The van der Waals surface area contributed by atoms with Gasteiger partial charge in [0.15, 0.2) is 5.89 Å². The third kappa shape index (κ3) is 2.83. The van der Waals surface area contributed by atoms with Gasteiger partial charge in [0.1, 0.15) is 6.26 Å². The summed E-state index contributed by atoms with van der Waals surface area (Å²) in [5.74, 6) is 1.40. The maximum Gasteiger partial charge on any atom is 0.197 e. The number of aromatic nitrogens is 1. The van der Waals surface area contributed by atoms with E-state index >= 15 is 0 Å². The van der Waals surface area contributed by atoms with Crippen LogP contribution in [0, 0.1) is 0 Å². The lowest BCUT2D eigenvalue weighted by Crippen LogP contribution is -2.29. The van der Waals surface area contributed by atoms with Crippen LogP contribution in [0.1, 0.15) is 37.3 Å². The molecule has 4 heteroatoms. The lowest BCUT2D eigenvalue weighted by Gasteiger charge is -2.26. The van der Waals surface area contributed by atoms with E-state index in [2.05, 4.69) is 16.9 Å². The average Bonchev–Trinajstić information content (AvgIpc) is 2.66. The second kappa shape index (κ2) is 4.97. The SMILES string of the molecule is CC(N)Cc1coc(C2CCN(C)CC2)n1. The Bertz CT molecular complexity index is 327. The summed E-state index contributed by atoms with van der Waals surface area (Å²) in [5, 5.41) is 0. The lowest BCUT2D eigenvalue weighted by molar-refractivity contribution is 0.237. The fraction of sp³-hybridized carbons (Fsp3) is 0.750. The molecule has 2 rings (SSSR count). The van der Waals surface area contributed by atoms with E-state index in [-0.39, 0.29) is 6.04 Å². The van der Waals surface area contributed by atoms with Gasteiger partial charge in [0.05, 0.1) is 5.69 Å². The molecule has 1 aliphatic rings. The van der Waals surface area contributed by atoms with Crippen LogP contribution in [0.2, 0.25) is 0 Å². The maximum absolute atomic E-state index is 5.74. The number of nitrogens with zero attached hydrogens (tertiary/aromatic N) is 2. The van der Waals surface area contributed by atoms with Gasteiger partial charge in [-0.1, -0.05) is 0 Å². The Morgan fingerprint density at radius 2 is 2.25 bits per heavy atom. The second-order valence-corrected chi connectivity index (χ2v) is 4.94. The van der Waals surface area contributed by atoms with Crippen LogP contribution in [0.25, 0.3) is 0 Å². The Morgan fingerprint density at radius 1 is 1.56 bits per heavy atom. The highest BCUT2D eigenvalue weighted by Gasteiger charge is 2.22. The number of hydrogen-bond acceptors (Lipinski definition) is 4. The van der Waals surface area contributed by atoms with Crippen LogP contribution >= 0.6 is 0 Å². The minimum atomic E-state index is 0.149. The standard InChI is InChI=1S/C12H21N3O/c1-9(13)7-11-8-16-12(14-11)10-3-5-15(2)6-4-10/h8-10H,3-7,13H2,1-2H3. The molecule has 0 amide bonds. The number of rotatable bonds is 3. The van der Waals surface area contributed by atoms with Crippen molar-refractivity contribution in [2.24, 2.45) is 5.73 Å². The highest BCUT2D eigenvalue weighted by atomic mass is 16.3. The van der Waals surface area contributed by atoms with E-state index in [9.17, 15) is 0 Å². The van der Waals surface area contributed by atoms with E-state index in [1.807, 2.05) is 6.92 Å². The van der Waals surface area contributed by atoms with Crippen molar-refractivity contribution in [3.05, 3.63) is 17.8 Å². The van der Waals surface area contributed by atoms with Gasteiger partial charge in [0, 0.05) is 18.4 Å². The van der Waals surface area contributed by atoms with Crippen LogP contribution in [-0.4, -0.2) is 36.1 Å². The van der Waals surface area contributed by atoms with Crippen molar-refractivity contribution in [2.75, 3.05) is 20.1 Å². The third-order valence-corrected chi connectivity index (χ3v) is 3.17. The van der Waals surface area contributed by atoms with Crippen molar-refractivity contribution in [1.29, 1.82) is 0 Å². The molecule has 1 aromatic heterocycles. The summed E-state index contributed by atoms with van der Waals surface area (Å²) in [6, 6.07) is 0.149. The molecular weight excluding hydrogens is 202 g/mol. The van der Waals surface area contributed by atoms with Crippen LogP contribution in [0.4, 0.5) is 0 Å². The zero-order valence-electron chi connectivity index (χ0n) is 10.1. The molecule has 2 N–H and O–H groups in total. The predicted molar refractivity (Wildman–Crippen MR) is 63.3 cm³/mol. The first kappa shape index (κ1) is 11.6. The van der Waals surface area contributed by atoms with Gasteiger partial charge in [-0.3, -0.25) is 0 Å². The molecular formula is C12H21N3O. The highest BCUT2D eigenvalue weighted by Crippen LogP contribution is 2.26. The van der Waals surface area contributed by atoms with Crippen LogP contribution in [0.3, 0.4) is 0 Å². The molecule has 0 aliphatic carbocycles. The van der Waals surface area contributed by atoms with Gasteiger partial charge in [0.25, 0.3) is 0 Å². The topological polar surface area (TPSA) is 55.3 Å². The van der Waals surface area contributed by atoms with Gasteiger partial charge in [-0.05, 0) is 39.9 Å². The molecule has 1 atom stereocenters. The van der Waals surface area contributed by atoms with Gasteiger partial charge in [-0.25, -0.2) is 4.98 Å². The second-order valence-electron chi connectivity index (χ2n) is 4.94. The summed E-state index contributed by atoms with van der Waals surface area (Å²) in [6.45, 7) is 4.26. The largest absolute Gasteiger partial charge is 0.448 e. The van der Waals surface area contributed by atoms with E-state index in [1.54, 1.807) is 6.26 Å². The smallest absolute Gasteiger partial charge is 0.197 e. The third-order valence-electron chi connectivity index (χ3n) is 3.17. The summed E-state index contributed by atoms with van der Waals surface area (Å²) in [4.78, 5) is 6.88. The number of oxazole rings is 1. The summed E-state index contributed by atoms with van der Waals surface area (Å²) in [7, 11) is 2.16. The average molecular weight is 223 g/mol. The Balaban J connectivity index is 1.96. The molecule has 0 bridgehead atoms. The molecule has 90 valence electrons. The van der Waals surface area contributed by atoms with Crippen LogP contribution in [0.5, 0.6) is 0 Å². The first-order valence-electron chi connectivity index (χ1n) is 6.03. The zero-order valence-corrected chi connectivity index (χ0v) is 10.1. The molecule has 1 aromatic rings.